The summed E-state index contributed by atoms with van der Waals surface area (Å²) < 4.78 is 104. The summed E-state index contributed by atoms with van der Waals surface area (Å²) in [5.41, 5.74) is 0. The molecule has 12 heteroatoms. The molecule has 1 fully saturated rings. The lowest BCUT2D eigenvalue weighted by atomic mass is 10.1. The molecule has 0 aliphatic carbocycles. The fraction of sp³-hybridized carbons (Fsp3) is 1.00. The van der Waals surface area contributed by atoms with Crippen molar-refractivity contribution in [1.82, 2.24) is 9.62 Å². The standard InChI is InChI=1S/C10H16F6N2O3S/c11-9(12,13)8(10(14,15)16)7-22(19,20)17-1-2-18-3-5-21-6-4-18/h8,17H,1-7H2. The molecule has 0 saturated carbocycles. The number of alkyl halides is 6. The van der Waals surface area contributed by atoms with Gasteiger partial charge < -0.3 is 4.74 Å². The van der Waals surface area contributed by atoms with Gasteiger partial charge in [-0.05, 0) is 0 Å². The minimum atomic E-state index is -5.67. The van der Waals surface area contributed by atoms with Gasteiger partial charge in [0.05, 0.1) is 19.0 Å². The molecule has 0 aromatic carbocycles. The van der Waals surface area contributed by atoms with Gasteiger partial charge in [0.15, 0.2) is 5.92 Å². The maximum atomic E-state index is 12.3. The second kappa shape index (κ2) is 7.32. The lowest BCUT2D eigenvalue weighted by Crippen LogP contribution is -2.46. The molecule has 5 nitrogen and oxygen atoms in total. The zero-order valence-electron chi connectivity index (χ0n) is 11.4. The minimum Gasteiger partial charge on any atom is -0.379 e. The Balaban J connectivity index is 2.54. The first-order chi connectivity index (χ1) is 9.92. The number of hydrogen-bond acceptors (Lipinski definition) is 4. The zero-order valence-corrected chi connectivity index (χ0v) is 12.2. The quantitative estimate of drug-likeness (QED) is 0.720. The van der Waals surface area contributed by atoms with Gasteiger partial charge in [-0.2, -0.15) is 26.3 Å². The summed E-state index contributed by atoms with van der Waals surface area (Å²) in [4.78, 5) is 1.79. The lowest BCUT2D eigenvalue weighted by molar-refractivity contribution is -0.276. The van der Waals surface area contributed by atoms with E-state index in [9.17, 15) is 34.8 Å². The Bertz CT molecular complexity index is 431. The van der Waals surface area contributed by atoms with Crippen molar-refractivity contribution in [3.05, 3.63) is 0 Å². The van der Waals surface area contributed by atoms with E-state index in [4.69, 9.17) is 4.74 Å². The van der Waals surface area contributed by atoms with Crippen molar-refractivity contribution >= 4 is 10.0 Å². The molecule has 0 bridgehead atoms. The van der Waals surface area contributed by atoms with Crippen molar-refractivity contribution in [2.24, 2.45) is 5.92 Å². The van der Waals surface area contributed by atoms with E-state index in [1.54, 1.807) is 9.62 Å². The molecule has 1 N–H and O–H groups in total. The van der Waals surface area contributed by atoms with Crippen LogP contribution in [0.3, 0.4) is 0 Å². The van der Waals surface area contributed by atoms with Gasteiger partial charge in [-0.25, -0.2) is 13.1 Å². The minimum absolute atomic E-state index is 0.186. The molecule has 0 amide bonds. The van der Waals surface area contributed by atoms with Crippen LogP contribution in [0, 0.1) is 5.92 Å². The first-order valence-electron chi connectivity index (χ1n) is 6.33. The molecule has 1 aliphatic rings. The SMILES string of the molecule is O=S(=O)(CC(C(F)(F)F)C(F)(F)F)NCCN1CCOCC1. The van der Waals surface area contributed by atoms with Crippen LogP contribution in [-0.2, 0) is 14.8 Å². The predicted molar refractivity (Wildman–Crippen MR) is 64.6 cm³/mol. The van der Waals surface area contributed by atoms with Crippen LogP contribution in [0.25, 0.3) is 0 Å². The van der Waals surface area contributed by atoms with Crippen LogP contribution >= 0.6 is 0 Å². The molecule has 1 rings (SSSR count). The Morgan fingerprint density at radius 1 is 1.05 bits per heavy atom. The number of rotatable bonds is 6. The van der Waals surface area contributed by atoms with Gasteiger partial charge in [0.25, 0.3) is 0 Å². The van der Waals surface area contributed by atoms with E-state index in [1.807, 2.05) is 0 Å². The molecule has 0 aromatic rings. The smallest absolute Gasteiger partial charge is 0.379 e. The third kappa shape index (κ3) is 6.67. The summed E-state index contributed by atoms with van der Waals surface area (Å²) in [6.45, 7) is 1.86. The average Bonchev–Trinajstić information content (AvgIpc) is 2.35. The van der Waals surface area contributed by atoms with E-state index >= 15 is 0 Å². The summed E-state index contributed by atoms with van der Waals surface area (Å²) in [5, 5.41) is 0. The zero-order chi connectivity index (χ0) is 17.0. The molecular weight excluding hydrogens is 342 g/mol. The fourth-order valence-electron chi connectivity index (χ4n) is 1.84. The van der Waals surface area contributed by atoms with Crippen molar-refractivity contribution in [3.63, 3.8) is 0 Å². The highest BCUT2D eigenvalue weighted by Gasteiger charge is 2.58. The van der Waals surface area contributed by atoms with Gasteiger partial charge in [0, 0.05) is 26.2 Å². The largest absolute Gasteiger partial charge is 0.401 e. The number of sulfonamides is 1. The van der Waals surface area contributed by atoms with Crippen molar-refractivity contribution in [2.45, 2.75) is 12.4 Å². The van der Waals surface area contributed by atoms with Crippen LogP contribution < -0.4 is 4.72 Å². The highest BCUT2D eigenvalue weighted by Crippen LogP contribution is 2.39. The second-order valence-electron chi connectivity index (χ2n) is 4.77. The number of ether oxygens (including phenoxy) is 1. The van der Waals surface area contributed by atoms with Gasteiger partial charge in [0.1, 0.15) is 0 Å². The third-order valence-corrected chi connectivity index (χ3v) is 4.45. The van der Waals surface area contributed by atoms with Gasteiger partial charge in [0.2, 0.25) is 10.0 Å². The number of nitrogens with one attached hydrogen (secondary N) is 1. The first kappa shape index (κ1) is 19.5. The van der Waals surface area contributed by atoms with E-state index < -0.39 is 34.0 Å². The van der Waals surface area contributed by atoms with Crippen molar-refractivity contribution in [3.8, 4) is 0 Å². The molecule has 1 saturated heterocycles. The van der Waals surface area contributed by atoms with Crippen molar-refractivity contribution in [2.75, 3.05) is 45.1 Å². The fourth-order valence-corrected chi connectivity index (χ4v) is 3.17. The lowest BCUT2D eigenvalue weighted by Gasteiger charge is -2.27. The summed E-state index contributed by atoms with van der Waals surface area (Å²) in [6, 6.07) is 0. The molecule has 0 unspecified atom stereocenters. The van der Waals surface area contributed by atoms with E-state index in [-0.39, 0.29) is 13.1 Å². The van der Waals surface area contributed by atoms with Crippen LogP contribution in [0.4, 0.5) is 26.3 Å². The number of morpholine rings is 1. The number of hydrogen-bond donors (Lipinski definition) is 1. The summed E-state index contributed by atoms with van der Waals surface area (Å²) in [7, 11) is -4.70. The normalized spacial score (nSPS) is 18.9. The summed E-state index contributed by atoms with van der Waals surface area (Å²) in [6.07, 6.45) is -11.3. The highest BCUT2D eigenvalue weighted by molar-refractivity contribution is 7.89. The second-order valence-corrected chi connectivity index (χ2v) is 6.62. The topological polar surface area (TPSA) is 58.6 Å². The van der Waals surface area contributed by atoms with Crippen LogP contribution in [0.5, 0.6) is 0 Å². The highest BCUT2D eigenvalue weighted by atomic mass is 32.2. The maximum absolute atomic E-state index is 12.3. The summed E-state index contributed by atoms with van der Waals surface area (Å²) in [5.74, 6) is -5.97. The molecule has 0 radical (unpaired) electrons. The molecule has 0 atom stereocenters. The van der Waals surface area contributed by atoms with Crippen molar-refractivity contribution in [1.29, 1.82) is 0 Å². The molecule has 1 aliphatic heterocycles. The first-order valence-corrected chi connectivity index (χ1v) is 7.98. The molecule has 0 spiro atoms. The Morgan fingerprint density at radius 2 is 1.55 bits per heavy atom. The Kier molecular flexibility index (Phi) is 6.47. The monoisotopic (exact) mass is 358 g/mol. The number of halogens is 6. The third-order valence-electron chi connectivity index (χ3n) is 3.03. The Hall–Kier alpha value is -0.590. The van der Waals surface area contributed by atoms with E-state index in [0.29, 0.717) is 26.3 Å². The van der Waals surface area contributed by atoms with Gasteiger partial charge in [-0.1, -0.05) is 0 Å². The van der Waals surface area contributed by atoms with Crippen LogP contribution in [0.2, 0.25) is 0 Å². The van der Waals surface area contributed by atoms with Crippen LogP contribution in [0.1, 0.15) is 0 Å². The molecule has 0 aromatic heterocycles. The average molecular weight is 358 g/mol. The Morgan fingerprint density at radius 3 is 2.00 bits per heavy atom. The number of nitrogens with zero attached hydrogens (tertiary/aromatic N) is 1. The van der Waals surface area contributed by atoms with Crippen LogP contribution in [-0.4, -0.2) is 70.8 Å². The van der Waals surface area contributed by atoms with Crippen molar-refractivity contribution < 1.29 is 39.5 Å². The molecule has 1 heterocycles. The van der Waals surface area contributed by atoms with Gasteiger partial charge in [-0.15, -0.1) is 0 Å². The molecular formula is C10H16F6N2O3S. The van der Waals surface area contributed by atoms with Crippen LogP contribution in [0.15, 0.2) is 0 Å². The Labute approximate surface area is 123 Å². The molecule has 22 heavy (non-hydrogen) atoms. The van der Waals surface area contributed by atoms with E-state index in [1.165, 1.54) is 0 Å². The van der Waals surface area contributed by atoms with E-state index in [2.05, 4.69) is 0 Å². The summed E-state index contributed by atoms with van der Waals surface area (Å²) >= 11 is 0. The maximum Gasteiger partial charge on any atom is 0.401 e. The van der Waals surface area contributed by atoms with Gasteiger partial charge >= 0.3 is 12.4 Å². The van der Waals surface area contributed by atoms with Gasteiger partial charge in [-0.3, -0.25) is 4.90 Å². The van der Waals surface area contributed by atoms with E-state index in [0.717, 1.165) is 0 Å². The molecule has 132 valence electrons. The predicted octanol–water partition coefficient (Wildman–Crippen LogP) is 0.979.